The van der Waals surface area contributed by atoms with Gasteiger partial charge in [0.25, 0.3) is 5.91 Å². The van der Waals surface area contributed by atoms with Crippen LogP contribution in [0, 0.1) is 6.92 Å². The van der Waals surface area contributed by atoms with E-state index in [-0.39, 0.29) is 18.0 Å². The quantitative estimate of drug-likeness (QED) is 0.870. The number of nitrogens with zero attached hydrogens (tertiary/aromatic N) is 5. The molecule has 2 unspecified atom stereocenters. The highest BCUT2D eigenvalue weighted by Crippen LogP contribution is 2.29. The molecule has 3 rings (SSSR count). The van der Waals surface area contributed by atoms with Crippen molar-refractivity contribution in [2.24, 2.45) is 0 Å². The second-order valence-electron chi connectivity index (χ2n) is 5.13. The van der Waals surface area contributed by atoms with Gasteiger partial charge in [0.05, 0.1) is 12.2 Å². The van der Waals surface area contributed by atoms with Gasteiger partial charge in [0, 0.05) is 25.0 Å². The lowest BCUT2D eigenvalue weighted by atomic mass is 10.1. The van der Waals surface area contributed by atoms with Crippen molar-refractivity contribution in [2.45, 2.75) is 25.4 Å². The van der Waals surface area contributed by atoms with Gasteiger partial charge in [-0.15, -0.1) is 0 Å². The zero-order chi connectivity index (χ0) is 14.8. The molecule has 2 aromatic heterocycles. The average molecular weight is 288 g/mol. The van der Waals surface area contributed by atoms with Gasteiger partial charge < -0.3 is 9.84 Å². The lowest BCUT2D eigenvalue weighted by Gasteiger charge is -2.14. The summed E-state index contributed by atoms with van der Waals surface area (Å²) >= 11 is 0. The second-order valence-corrected chi connectivity index (χ2v) is 5.13. The van der Waals surface area contributed by atoms with Crippen molar-refractivity contribution in [3.8, 4) is 0 Å². The molecule has 0 spiro atoms. The van der Waals surface area contributed by atoms with E-state index in [9.17, 15) is 4.79 Å². The van der Waals surface area contributed by atoms with E-state index in [2.05, 4.69) is 30.3 Å². The van der Waals surface area contributed by atoms with Gasteiger partial charge in [-0.3, -0.25) is 14.7 Å². The third kappa shape index (κ3) is 2.89. The number of likely N-dealkylation sites (N-methyl/N-ethyl adjacent to an activating group) is 1. The molecule has 1 N–H and O–H groups in total. The minimum Gasteiger partial charge on any atom is -0.347 e. The van der Waals surface area contributed by atoms with Crippen molar-refractivity contribution < 1.29 is 9.32 Å². The normalized spacial score (nSPS) is 22.4. The van der Waals surface area contributed by atoms with Crippen LogP contribution in [0.5, 0.6) is 0 Å². The fourth-order valence-electron chi connectivity index (χ4n) is 2.52. The van der Waals surface area contributed by atoms with Gasteiger partial charge in [0.1, 0.15) is 5.69 Å². The Balaban J connectivity index is 1.65. The Bertz CT molecular complexity index is 629. The molecule has 21 heavy (non-hydrogen) atoms. The summed E-state index contributed by atoms with van der Waals surface area (Å²) in [4.78, 5) is 26.3. The fraction of sp³-hybridized carbons (Fsp3) is 0.462. The highest BCUT2D eigenvalue weighted by atomic mass is 16.5. The van der Waals surface area contributed by atoms with Gasteiger partial charge in [0.15, 0.2) is 5.82 Å². The van der Waals surface area contributed by atoms with Crippen LogP contribution in [0.3, 0.4) is 0 Å². The summed E-state index contributed by atoms with van der Waals surface area (Å²) < 4.78 is 5.22. The zero-order valence-corrected chi connectivity index (χ0v) is 11.9. The molecule has 0 aliphatic carbocycles. The molecular weight excluding hydrogens is 272 g/mol. The largest absolute Gasteiger partial charge is 0.347 e. The van der Waals surface area contributed by atoms with Crippen LogP contribution < -0.4 is 5.32 Å². The number of hydrogen-bond acceptors (Lipinski definition) is 7. The van der Waals surface area contributed by atoms with Crippen LogP contribution in [0.1, 0.15) is 34.7 Å². The first-order valence-corrected chi connectivity index (χ1v) is 6.71. The predicted molar refractivity (Wildman–Crippen MR) is 72.3 cm³/mol. The number of amides is 1. The monoisotopic (exact) mass is 288 g/mol. The van der Waals surface area contributed by atoms with Crippen molar-refractivity contribution in [2.75, 3.05) is 13.6 Å². The summed E-state index contributed by atoms with van der Waals surface area (Å²) in [6.45, 7) is 2.51. The van der Waals surface area contributed by atoms with Crippen molar-refractivity contribution in [3.63, 3.8) is 0 Å². The highest BCUT2D eigenvalue weighted by molar-refractivity contribution is 5.92. The standard InChI is InChI=1S/C13H16N6O2/c1-8-16-13(21-18-8)11-5-9(7-19(11)2)17-12(20)10-6-14-3-4-15-10/h3-4,6,9,11H,5,7H2,1-2H3,(H,17,20). The van der Waals surface area contributed by atoms with Crippen molar-refractivity contribution in [3.05, 3.63) is 36.0 Å². The Morgan fingerprint density at radius 2 is 2.33 bits per heavy atom. The van der Waals surface area contributed by atoms with Crippen LogP contribution in [0.15, 0.2) is 23.1 Å². The smallest absolute Gasteiger partial charge is 0.271 e. The van der Waals surface area contributed by atoms with E-state index in [1.54, 1.807) is 6.92 Å². The topological polar surface area (TPSA) is 97.0 Å². The minimum atomic E-state index is -0.219. The molecule has 0 aromatic carbocycles. The Labute approximate surface area is 121 Å². The maximum atomic E-state index is 12.1. The van der Waals surface area contributed by atoms with E-state index in [4.69, 9.17) is 4.52 Å². The van der Waals surface area contributed by atoms with Crippen LogP contribution in [-0.2, 0) is 0 Å². The molecule has 0 bridgehead atoms. The number of hydrogen-bond donors (Lipinski definition) is 1. The SMILES string of the molecule is Cc1noc(C2CC(NC(=O)c3cnccn3)CN2C)n1. The summed E-state index contributed by atoms with van der Waals surface area (Å²) in [5.41, 5.74) is 0.317. The Hall–Kier alpha value is -2.35. The summed E-state index contributed by atoms with van der Waals surface area (Å²) in [6.07, 6.45) is 5.21. The molecule has 1 fully saturated rings. The van der Waals surface area contributed by atoms with Gasteiger partial charge in [-0.1, -0.05) is 5.16 Å². The van der Waals surface area contributed by atoms with Crippen LogP contribution in [0.25, 0.3) is 0 Å². The maximum absolute atomic E-state index is 12.1. The van der Waals surface area contributed by atoms with E-state index in [0.717, 1.165) is 13.0 Å². The molecule has 8 heteroatoms. The summed E-state index contributed by atoms with van der Waals surface area (Å²) in [6, 6.07) is 0.0417. The van der Waals surface area contributed by atoms with E-state index in [1.807, 2.05) is 7.05 Å². The van der Waals surface area contributed by atoms with Gasteiger partial charge in [0.2, 0.25) is 5.89 Å². The number of carbonyl (C=O) groups is 1. The van der Waals surface area contributed by atoms with E-state index in [1.165, 1.54) is 18.6 Å². The van der Waals surface area contributed by atoms with Gasteiger partial charge in [-0.05, 0) is 20.4 Å². The number of aromatic nitrogens is 4. The predicted octanol–water partition coefficient (Wildman–Crippen LogP) is 0.343. The molecule has 1 saturated heterocycles. The number of carbonyl (C=O) groups excluding carboxylic acids is 1. The molecule has 110 valence electrons. The van der Waals surface area contributed by atoms with Crippen LogP contribution in [0.4, 0.5) is 0 Å². The Morgan fingerprint density at radius 3 is 3.00 bits per heavy atom. The number of aryl methyl sites for hydroxylation is 1. The Kier molecular flexibility index (Phi) is 3.61. The first-order chi connectivity index (χ1) is 10.1. The number of likely N-dealkylation sites (tertiary alicyclic amines) is 1. The van der Waals surface area contributed by atoms with Gasteiger partial charge in [-0.25, -0.2) is 4.98 Å². The molecule has 2 atom stereocenters. The summed E-state index contributed by atoms with van der Waals surface area (Å²) in [5, 5.41) is 6.77. The summed E-state index contributed by atoms with van der Waals surface area (Å²) in [7, 11) is 1.97. The molecule has 2 aromatic rings. The van der Waals surface area contributed by atoms with Gasteiger partial charge in [-0.2, -0.15) is 4.98 Å². The minimum absolute atomic E-state index is 0.0155. The first kappa shape index (κ1) is 13.6. The fourth-order valence-corrected chi connectivity index (χ4v) is 2.52. The average Bonchev–Trinajstić information content (AvgIpc) is 3.06. The number of rotatable bonds is 3. The third-order valence-electron chi connectivity index (χ3n) is 3.51. The van der Waals surface area contributed by atoms with E-state index in [0.29, 0.717) is 17.4 Å². The van der Waals surface area contributed by atoms with E-state index >= 15 is 0 Å². The van der Waals surface area contributed by atoms with Crippen LogP contribution in [0.2, 0.25) is 0 Å². The highest BCUT2D eigenvalue weighted by Gasteiger charge is 2.35. The first-order valence-electron chi connectivity index (χ1n) is 6.71. The third-order valence-corrected chi connectivity index (χ3v) is 3.51. The molecule has 1 aliphatic heterocycles. The number of nitrogens with one attached hydrogen (secondary N) is 1. The van der Waals surface area contributed by atoms with Crippen molar-refractivity contribution >= 4 is 5.91 Å². The van der Waals surface area contributed by atoms with Gasteiger partial charge >= 0.3 is 0 Å². The molecule has 0 radical (unpaired) electrons. The molecule has 1 amide bonds. The van der Waals surface area contributed by atoms with E-state index < -0.39 is 0 Å². The summed E-state index contributed by atoms with van der Waals surface area (Å²) in [5.74, 6) is 0.987. The molecule has 0 saturated carbocycles. The lowest BCUT2D eigenvalue weighted by molar-refractivity contribution is 0.0933. The molecule has 8 nitrogen and oxygen atoms in total. The molecular formula is C13H16N6O2. The Morgan fingerprint density at radius 1 is 1.48 bits per heavy atom. The lowest BCUT2D eigenvalue weighted by Crippen LogP contribution is -2.36. The van der Waals surface area contributed by atoms with Crippen molar-refractivity contribution in [1.29, 1.82) is 0 Å². The zero-order valence-electron chi connectivity index (χ0n) is 11.9. The molecule has 1 aliphatic rings. The molecule has 3 heterocycles. The second kappa shape index (κ2) is 5.57. The van der Waals surface area contributed by atoms with Crippen molar-refractivity contribution in [1.82, 2.24) is 30.3 Å². The van der Waals surface area contributed by atoms with Crippen LogP contribution in [-0.4, -0.2) is 50.5 Å². The maximum Gasteiger partial charge on any atom is 0.271 e. The van der Waals surface area contributed by atoms with Crippen LogP contribution >= 0.6 is 0 Å².